The van der Waals surface area contributed by atoms with Crippen LogP contribution in [0, 0.1) is 11.3 Å². The highest BCUT2D eigenvalue weighted by Gasteiger charge is 2.31. The summed E-state index contributed by atoms with van der Waals surface area (Å²) in [5.41, 5.74) is -0.355. The second-order valence-electron chi connectivity index (χ2n) is 6.28. The van der Waals surface area contributed by atoms with Crippen LogP contribution in [0.2, 0.25) is 0 Å². The predicted molar refractivity (Wildman–Crippen MR) is 89.9 cm³/mol. The zero-order valence-electron chi connectivity index (χ0n) is 13.8. The fourth-order valence-corrected chi connectivity index (χ4v) is 2.95. The van der Waals surface area contributed by atoms with E-state index < -0.39 is 5.60 Å². The van der Waals surface area contributed by atoms with Crippen LogP contribution >= 0.6 is 0 Å². The zero-order valence-corrected chi connectivity index (χ0v) is 13.8. The monoisotopic (exact) mass is 340 g/mol. The van der Waals surface area contributed by atoms with Gasteiger partial charge < -0.3 is 19.6 Å². The molecule has 0 atom stereocenters. The fraction of sp³-hybridized carbons (Fsp3) is 0.368. The topological polar surface area (TPSA) is 95.5 Å². The average Bonchev–Trinajstić information content (AvgIpc) is 3.28. The van der Waals surface area contributed by atoms with Crippen molar-refractivity contribution in [2.75, 3.05) is 6.54 Å². The summed E-state index contributed by atoms with van der Waals surface area (Å²) in [4.78, 5) is 12.1. The van der Waals surface area contributed by atoms with E-state index in [0.29, 0.717) is 29.9 Å². The second-order valence-corrected chi connectivity index (χ2v) is 6.28. The number of hydrogen-bond acceptors (Lipinski definition) is 5. The quantitative estimate of drug-likeness (QED) is 0.843. The van der Waals surface area contributed by atoms with Crippen molar-refractivity contribution in [3.63, 3.8) is 0 Å². The van der Waals surface area contributed by atoms with Crippen LogP contribution in [0.4, 0.5) is 0 Å². The van der Waals surface area contributed by atoms with E-state index in [4.69, 9.17) is 14.4 Å². The van der Waals surface area contributed by atoms with Crippen molar-refractivity contribution >= 4 is 5.91 Å². The second kappa shape index (κ2) is 7.41. The Morgan fingerprint density at radius 2 is 2.04 bits per heavy atom. The molecule has 3 rings (SSSR count). The molecule has 0 radical (unpaired) electrons. The molecule has 25 heavy (non-hydrogen) atoms. The highest BCUT2D eigenvalue weighted by Crippen LogP contribution is 2.28. The van der Waals surface area contributed by atoms with Gasteiger partial charge in [0.1, 0.15) is 24.2 Å². The number of nitriles is 1. The van der Waals surface area contributed by atoms with Gasteiger partial charge in [-0.1, -0.05) is 25.0 Å². The maximum absolute atomic E-state index is 12.1. The molecule has 0 spiro atoms. The van der Waals surface area contributed by atoms with Gasteiger partial charge >= 0.3 is 0 Å². The Balaban J connectivity index is 1.55. The summed E-state index contributed by atoms with van der Waals surface area (Å²) in [5, 5.41) is 22.0. The molecular weight excluding hydrogens is 320 g/mol. The molecule has 2 N–H and O–H groups in total. The van der Waals surface area contributed by atoms with Crippen LogP contribution in [0.3, 0.4) is 0 Å². The molecule has 1 aliphatic rings. The number of furan rings is 1. The van der Waals surface area contributed by atoms with Crippen LogP contribution in [-0.2, 0) is 6.61 Å². The lowest BCUT2D eigenvalue weighted by Crippen LogP contribution is -2.40. The van der Waals surface area contributed by atoms with E-state index in [0.717, 1.165) is 12.8 Å². The van der Waals surface area contributed by atoms with Gasteiger partial charge in [0.05, 0.1) is 11.2 Å². The van der Waals surface area contributed by atoms with Gasteiger partial charge in [-0.2, -0.15) is 5.26 Å². The van der Waals surface area contributed by atoms with E-state index in [-0.39, 0.29) is 24.8 Å². The van der Waals surface area contributed by atoms with Crippen molar-refractivity contribution in [1.29, 1.82) is 5.26 Å². The summed E-state index contributed by atoms with van der Waals surface area (Å²) in [6.45, 7) is 0.351. The minimum absolute atomic E-state index is 0.121. The van der Waals surface area contributed by atoms with E-state index in [1.54, 1.807) is 36.4 Å². The molecule has 1 heterocycles. The minimum Gasteiger partial charge on any atom is -0.484 e. The first kappa shape index (κ1) is 17.1. The fourth-order valence-electron chi connectivity index (χ4n) is 2.95. The summed E-state index contributed by atoms with van der Waals surface area (Å²) in [7, 11) is 0. The van der Waals surface area contributed by atoms with E-state index >= 15 is 0 Å². The number of hydrogen-bond donors (Lipinski definition) is 2. The Bertz CT molecular complexity index is 785. The number of para-hydroxylation sites is 1. The van der Waals surface area contributed by atoms with Crippen molar-refractivity contribution in [3.05, 3.63) is 53.5 Å². The Morgan fingerprint density at radius 3 is 2.80 bits per heavy atom. The number of nitrogens with zero attached hydrogens (tertiary/aromatic N) is 1. The van der Waals surface area contributed by atoms with E-state index in [2.05, 4.69) is 11.4 Å². The van der Waals surface area contributed by atoms with Gasteiger partial charge in [-0.25, -0.2) is 0 Å². The van der Waals surface area contributed by atoms with Crippen LogP contribution in [0.15, 0.2) is 40.8 Å². The molecular formula is C19H20N2O4. The maximum Gasteiger partial charge on any atom is 0.287 e. The Hall–Kier alpha value is -2.78. The molecule has 1 saturated carbocycles. The maximum atomic E-state index is 12.1. The lowest BCUT2D eigenvalue weighted by Gasteiger charge is -2.21. The number of nitrogens with one attached hydrogen (secondary N) is 1. The van der Waals surface area contributed by atoms with E-state index in [9.17, 15) is 9.90 Å². The van der Waals surface area contributed by atoms with Gasteiger partial charge in [0.2, 0.25) is 0 Å². The highest BCUT2D eigenvalue weighted by molar-refractivity contribution is 5.91. The van der Waals surface area contributed by atoms with Crippen LogP contribution in [0.25, 0.3) is 0 Å². The van der Waals surface area contributed by atoms with Gasteiger partial charge in [0.15, 0.2) is 5.76 Å². The van der Waals surface area contributed by atoms with Crippen LogP contribution in [0.5, 0.6) is 5.75 Å². The molecule has 0 unspecified atom stereocenters. The lowest BCUT2D eigenvalue weighted by molar-refractivity contribution is 0.0443. The molecule has 0 aliphatic heterocycles. The van der Waals surface area contributed by atoms with E-state index in [1.807, 2.05) is 0 Å². The van der Waals surface area contributed by atoms with Gasteiger partial charge in [-0.05, 0) is 37.1 Å². The summed E-state index contributed by atoms with van der Waals surface area (Å²) >= 11 is 0. The SMILES string of the molecule is N#Cc1ccccc1OCc1ccc(C(=O)NCC2(O)CCCC2)o1. The molecule has 2 aromatic rings. The lowest BCUT2D eigenvalue weighted by atomic mass is 10.0. The Kier molecular flexibility index (Phi) is 5.05. The van der Waals surface area contributed by atoms with Crippen LogP contribution in [0.1, 0.15) is 47.6 Å². The molecule has 1 aromatic heterocycles. The van der Waals surface area contributed by atoms with Crippen molar-refractivity contribution < 1.29 is 19.1 Å². The predicted octanol–water partition coefficient (Wildman–Crippen LogP) is 2.77. The van der Waals surface area contributed by atoms with Gasteiger partial charge in [0, 0.05) is 6.54 Å². The minimum atomic E-state index is -0.796. The molecule has 6 nitrogen and oxygen atoms in total. The summed E-state index contributed by atoms with van der Waals surface area (Å²) in [6.07, 6.45) is 3.39. The molecule has 1 fully saturated rings. The molecule has 6 heteroatoms. The molecule has 130 valence electrons. The molecule has 1 aromatic carbocycles. The molecule has 1 amide bonds. The summed E-state index contributed by atoms with van der Waals surface area (Å²) < 4.78 is 11.1. The van der Waals surface area contributed by atoms with Crippen molar-refractivity contribution in [2.24, 2.45) is 0 Å². The third-order valence-corrected chi connectivity index (χ3v) is 4.38. The van der Waals surface area contributed by atoms with E-state index in [1.165, 1.54) is 0 Å². The summed E-state index contributed by atoms with van der Waals surface area (Å²) in [6, 6.07) is 12.2. The third-order valence-electron chi connectivity index (χ3n) is 4.38. The van der Waals surface area contributed by atoms with Crippen molar-refractivity contribution in [3.8, 4) is 11.8 Å². The number of rotatable bonds is 6. The van der Waals surface area contributed by atoms with Gasteiger partial charge in [-0.3, -0.25) is 4.79 Å². The summed E-state index contributed by atoms with van der Waals surface area (Å²) in [5.74, 6) is 0.770. The third kappa shape index (κ3) is 4.20. The first-order valence-electron chi connectivity index (χ1n) is 8.31. The van der Waals surface area contributed by atoms with Gasteiger partial charge in [0.25, 0.3) is 5.91 Å². The van der Waals surface area contributed by atoms with Crippen LogP contribution in [-0.4, -0.2) is 23.2 Å². The molecule has 0 bridgehead atoms. The first-order chi connectivity index (χ1) is 12.1. The Morgan fingerprint density at radius 1 is 1.28 bits per heavy atom. The van der Waals surface area contributed by atoms with Gasteiger partial charge in [-0.15, -0.1) is 0 Å². The average molecular weight is 340 g/mol. The number of benzene rings is 1. The van der Waals surface area contributed by atoms with Crippen molar-refractivity contribution in [1.82, 2.24) is 5.32 Å². The number of amides is 1. The standard InChI is InChI=1S/C19H20N2O4/c20-11-14-5-1-2-6-16(14)24-12-15-7-8-17(25-15)18(22)21-13-19(23)9-3-4-10-19/h1-2,5-8,23H,3-4,9-10,12-13H2,(H,21,22). The largest absolute Gasteiger partial charge is 0.484 e. The number of ether oxygens (including phenoxy) is 1. The van der Waals surface area contributed by atoms with Crippen LogP contribution < -0.4 is 10.1 Å². The van der Waals surface area contributed by atoms with Crippen molar-refractivity contribution in [2.45, 2.75) is 37.9 Å². The smallest absolute Gasteiger partial charge is 0.287 e. The number of aliphatic hydroxyl groups is 1. The normalized spacial score (nSPS) is 15.5. The first-order valence-corrected chi connectivity index (χ1v) is 8.31. The molecule has 0 saturated heterocycles. The Labute approximate surface area is 146 Å². The number of carbonyl (C=O) groups excluding carboxylic acids is 1. The zero-order chi connectivity index (χ0) is 17.7. The highest BCUT2D eigenvalue weighted by atomic mass is 16.5. The molecule has 1 aliphatic carbocycles. The number of carbonyl (C=O) groups is 1.